The van der Waals surface area contributed by atoms with Gasteiger partial charge in [-0.25, -0.2) is 0 Å². The van der Waals surface area contributed by atoms with Crippen molar-refractivity contribution in [1.29, 1.82) is 0 Å². The fourth-order valence-corrected chi connectivity index (χ4v) is 2.65. The van der Waals surface area contributed by atoms with Crippen LogP contribution in [-0.4, -0.2) is 72.1 Å². The summed E-state index contributed by atoms with van der Waals surface area (Å²) in [7, 11) is 0. The maximum atomic E-state index is 11.5. The van der Waals surface area contributed by atoms with E-state index in [4.69, 9.17) is 28.8 Å². The van der Waals surface area contributed by atoms with Crippen molar-refractivity contribution < 1.29 is 52.8 Å². The lowest BCUT2D eigenvalue weighted by atomic mass is 9.92. The maximum Gasteiger partial charge on any atom is 0.306 e. The van der Waals surface area contributed by atoms with E-state index < -0.39 is 73.4 Å². The van der Waals surface area contributed by atoms with Crippen LogP contribution in [0.15, 0.2) is 0 Å². The second-order valence-electron chi connectivity index (χ2n) is 5.84. The molecule has 0 amide bonds. The summed E-state index contributed by atoms with van der Waals surface area (Å²) in [5.74, 6) is -4.24. The van der Waals surface area contributed by atoms with Gasteiger partial charge in [-0.2, -0.15) is 0 Å². The first-order valence-corrected chi connectivity index (χ1v) is 8.03. The van der Waals surface area contributed by atoms with Crippen LogP contribution in [0.5, 0.6) is 0 Å². The van der Waals surface area contributed by atoms with Gasteiger partial charge in [-0.1, -0.05) is 0 Å². The summed E-state index contributed by atoms with van der Waals surface area (Å²) in [6, 6.07) is 0. The highest BCUT2D eigenvalue weighted by Gasteiger charge is 2.52. The Labute approximate surface area is 154 Å². The molecule has 0 aromatic carbocycles. The first-order chi connectivity index (χ1) is 12.5. The molecule has 1 N–H and O–H groups in total. The quantitative estimate of drug-likeness (QED) is 0.446. The van der Waals surface area contributed by atoms with E-state index in [9.17, 15) is 24.0 Å². The molecule has 1 heterocycles. The van der Waals surface area contributed by atoms with E-state index in [1.165, 1.54) is 0 Å². The summed E-state index contributed by atoms with van der Waals surface area (Å²) >= 11 is 0. The van der Waals surface area contributed by atoms with Gasteiger partial charge in [0.15, 0.2) is 18.3 Å². The number of carboxylic acid groups (broad SMARTS) is 1. The molecule has 1 aliphatic heterocycles. The largest absolute Gasteiger partial charge is 0.481 e. The molecule has 0 unspecified atom stereocenters. The lowest BCUT2D eigenvalue weighted by molar-refractivity contribution is -0.253. The highest BCUT2D eigenvalue weighted by Crippen LogP contribution is 2.30. The Balaban J connectivity index is 3.29. The number of carbonyl (C=O) groups is 5. The number of hydrogen-bond acceptors (Lipinski definition) is 10. The zero-order chi connectivity index (χ0) is 20.7. The van der Waals surface area contributed by atoms with Gasteiger partial charge in [-0.3, -0.25) is 24.0 Å². The van der Waals surface area contributed by atoms with Gasteiger partial charge in [-0.05, 0) is 0 Å². The number of carboxylic acids is 1. The van der Waals surface area contributed by atoms with E-state index >= 15 is 0 Å². The van der Waals surface area contributed by atoms with Crippen LogP contribution in [0.25, 0.3) is 0 Å². The summed E-state index contributed by atoms with van der Waals surface area (Å²) in [6.07, 6.45) is -6.96. The topological polar surface area (TPSA) is 152 Å². The fourth-order valence-electron chi connectivity index (χ4n) is 2.65. The smallest absolute Gasteiger partial charge is 0.306 e. The second kappa shape index (κ2) is 9.86. The van der Waals surface area contributed by atoms with Crippen LogP contribution in [0.1, 0.15) is 34.1 Å². The minimum Gasteiger partial charge on any atom is -0.481 e. The number of ether oxygens (including phenoxy) is 5. The van der Waals surface area contributed by atoms with Crippen LogP contribution in [0, 0.1) is 0 Å². The lowest BCUT2D eigenvalue weighted by Crippen LogP contribution is -2.62. The summed E-state index contributed by atoms with van der Waals surface area (Å²) in [6.45, 7) is 4.00. The summed E-state index contributed by atoms with van der Waals surface area (Å²) in [5.41, 5.74) is 0. The molecule has 27 heavy (non-hydrogen) atoms. The molecule has 0 aromatic heterocycles. The minimum absolute atomic E-state index is 0.395. The summed E-state index contributed by atoms with van der Waals surface area (Å²) in [5, 5.41) is 9.10. The Morgan fingerprint density at radius 2 is 1.19 bits per heavy atom. The number of esters is 4. The Bertz CT molecular complexity index is 599. The molecular formula is C16H22O11. The first-order valence-electron chi connectivity index (χ1n) is 8.03. The monoisotopic (exact) mass is 390 g/mol. The third-order valence-electron chi connectivity index (χ3n) is 3.46. The van der Waals surface area contributed by atoms with Gasteiger partial charge >= 0.3 is 29.8 Å². The predicted molar refractivity (Wildman–Crippen MR) is 84.2 cm³/mol. The van der Waals surface area contributed by atoms with Gasteiger partial charge in [-0.15, -0.1) is 0 Å². The number of carbonyl (C=O) groups excluding carboxylic acids is 4. The second-order valence-corrected chi connectivity index (χ2v) is 5.84. The van der Waals surface area contributed by atoms with E-state index in [-0.39, 0.29) is 0 Å². The molecule has 1 rings (SSSR count). The van der Waals surface area contributed by atoms with Crippen LogP contribution in [-0.2, 0) is 47.7 Å². The molecule has 0 bridgehead atoms. The normalized spacial score (nSPS) is 27.2. The van der Waals surface area contributed by atoms with Crippen LogP contribution in [0.4, 0.5) is 0 Å². The van der Waals surface area contributed by atoms with E-state index in [1.54, 1.807) is 0 Å². The van der Waals surface area contributed by atoms with Crippen molar-refractivity contribution in [2.24, 2.45) is 0 Å². The molecule has 0 spiro atoms. The van der Waals surface area contributed by atoms with E-state index in [0.29, 0.717) is 0 Å². The molecular weight excluding hydrogens is 368 g/mol. The van der Waals surface area contributed by atoms with Crippen molar-refractivity contribution in [3.63, 3.8) is 0 Å². The van der Waals surface area contributed by atoms with Gasteiger partial charge in [0.25, 0.3) is 0 Å². The predicted octanol–water partition coefficient (Wildman–Crippen LogP) is -0.413. The Hall–Kier alpha value is -2.69. The zero-order valence-electron chi connectivity index (χ0n) is 15.3. The standard InChI is InChI=1S/C16H22O11/c1-7(17)23-6-12-15(25-9(3)19)16(26-10(4)20)14(24-8(2)18)11(27-12)5-13(21)22/h11-12,14-16H,5-6H2,1-4H3,(H,21,22)/t11-,12+,14-,15+,16+/m0/s1. The van der Waals surface area contributed by atoms with E-state index in [2.05, 4.69) is 0 Å². The molecule has 0 aromatic rings. The van der Waals surface area contributed by atoms with Gasteiger partial charge in [0, 0.05) is 27.7 Å². The zero-order valence-corrected chi connectivity index (χ0v) is 15.3. The molecule has 0 radical (unpaired) electrons. The Kier molecular flexibility index (Phi) is 8.16. The van der Waals surface area contributed by atoms with Gasteiger partial charge < -0.3 is 28.8 Å². The highest BCUT2D eigenvalue weighted by atomic mass is 16.7. The summed E-state index contributed by atoms with van der Waals surface area (Å²) in [4.78, 5) is 56.7. The Morgan fingerprint density at radius 1 is 0.741 bits per heavy atom. The molecule has 0 saturated carbocycles. The van der Waals surface area contributed by atoms with Crippen molar-refractivity contribution in [2.45, 2.75) is 64.6 Å². The third-order valence-corrected chi connectivity index (χ3v) is 3.46. The molecule has 11 nitrogen and oxygen atoms in total. The fraction of sp³-hybridized carbons (Fsp3) is 0.688. The van der Waals surface area contributed by atoms with Crippen LogP contribution >= 0.6 is 0 Å². The van der Waals surface area contributed by atoms with Crippen LogP contribution in [0.2, 0.25) is 0 Å². The van der Waals surface area contributed by atoms with Crippen LogP contribution in [0.3, 0.4) is 0 Å². The molecule has 11 heteroatoms. The van der Waals surface area contributed by atoms with Crippen molar-refractivity contribution >= 4 is 29.8 Å². The third kappa shape index (κ3) is 7.21. The lowest BCUT2D eigenvalue weighted by Gasteiger charge is -2.44. The van der Waals surface area contributed by atoms with Gasteiger partial charge in [0.2, 0.25) is 0 Å². The minimum atomic E-state index is -1.35. The number of hydrogen-bond donors (Lipinski definition) is 1. The molecule has 5 atom stereocenters. The molecule has 1 aliphatic rings. The molecule has 1 saturated heterocycles. The van der Waals surface area contributed by atoms with Gasteiger partial charge in [0.1, 0.15) is 18.8 Å². The van der Waals surface area contributed by atoms with E-state index in [0.717, 1.165) is 27.7 Å². The van der Waals surface area contributed by atoms with Crippen molar-refractivity contribution in [3.05, 3.63) is 0 Å². The highest BCUT2D eigenvalue weighted by molar-refractivity contribution is 5.70. The first kappa shape index (κ1) is 22.4. The Morgan fingerprint density at radius 3 is 1.59 bits per heavy atom. The number of aliphatic carboxylic acids is 1. The van der Waals surface area contributed by atoms with Crippen molar-refractivity contribution in [2.75, 3.05) is 6.61 Å². The maximum absolute atomic E-state index is 11.5. The molecule has 1 fully saturated rings. The SMILES string of the molecule is CC(=O)OC[C@H]1O[C@@H](CC(=O)O)[C@H](OC(C)=O)[C@@H](OC(C)=O)[C@@H]1OC(C)=O. The van der Waals surface area contributed by atoms with E-state index in [1.807, 2.05) is 0 Å². The van der Waals surface area contributed by atoms with Crippen molar-refractivity contribution in [1.82, 2.24) is 0 Å². The van der Waals surface area contributed by atoms with Crippen molar-refractivity contribution in [3.8, 4) is 0 Å². The summed E-state index contributed by atoms with van der Waals surface area (Å²) < 4.78 is 25.9. The average molecular weight is 390 g/mol. The van der Waals surface area contributed by atoms with Crippen LogP contribution < -0.4 is 0 Å². The molecule has 152 valence electrons. The van der Waals surface area contributed by atoms with Gasteiger partial charge in [0.05, 0.1) is 6.42 Å². The molecule has 0 aliphatic carbocycles. The average Bonchev–Trinajstić information content (AvgIpc) is 2.49. The number of rotatable bonds is 7.